The number of nitrogens with one attached hydrogen (secondary N) is 1. The highest BCUT2D eigenvalue weighted by Gasteiger charge is 2.17. The van der Waals surface area contributed by atoms with E-state index in [4.69, 9.17) is 23.2 Å². The lowest BCUT2D eigenvalue weighted by molar-refractivity contribution is -0.137. The Labute approximate surface area is 156 Å². The molecule has 0 bridgehead atoms. The number of aromatic amines is 1. The molecule has 2 aromatic carbocycles. The highest BCUT2D eigenvalue weighted by molar-refractivity contribution is 6.45. The molecule has 4 rings (SSSR count). The van der Waals surface area contributed by atoms with Crippen LogP contribution in [0.3, 0.4) is 0 Å². The van der Waals surface area contributed by atoms with Crippen LogP contribution in [0, 0.1) is 0 Å². The maximum atomic E-state index is 12.9. The van der Waals surface area contributed by atoms with Crippen molar-refractivity contribution < 1.29 is 9.90 Å². The van der Waals surface area contributed by atoms with Crippen molar-refractivity contribution in [3.05, 3.63) is 62.9 Å². The van der Waals surface area contributed by atoms with Crippen molar-refractivity contribution in [3.63, 3.8) is 0 Å². The normalized spacial score (nSPS) is 11.3. The van der Waals surface area contributed by atoms with Gasteiger partial charge in [0.25, 0.3) is 0 Å². The number of fused-ring (bicyclic) bond motifs is 2. The number of carboxylic acids is 1. The summed E-state index contributed by atoms with van der Waals surface area (Å²) in [4.78, 5) is 24.4. The smallest absolute Gasteiger partial charge is 0.323 e. The number of halogens is 2. The molecule has 4 aromatic rings. The minimum Gasteiger partial charge on any atom is -0.480 e. The first kappa shape index (κ1) is 16.6. The summed E-state index contributed by atoms with van der Waals surface area (Å²) in [6.45, 7) is -0.361. The van der Waals surface area contributed by atoms with Gasteiger partial charge >= 0.3 is 5.97 Å². The lowest BCUT2D eigenvalue weighted by Gasteiger charge is -2.16. The molecule has 0 amide bonds. The number of hydrogen-bond donors (Lipinski definition) is 2. The van der Waals surface area contributed by atoms with Crippen molar-refractivity contribution >= 4 is 51.0 Å². The Balaban J connectivity index is 2.19. The number of aliphatic carboxylic acids is 1. The zero-order valence-electron chi connectivity index (χ0n) is 13.2. The summed E-state index contributed by atoms with van der Waals surface area (Å²) in [5.74, 6) is -1.06. The molecule has 26 heavy (non-hydrogen) atoms. The van der Waals surface area contributed by atoms with E-state index in [9.17, 15) is 14.7 Å². The second-order valence-corrected chi connectivity index (χ2v) is 6.55. The molecule has 130 valence electrons. The van der Waals surface area contributed by atoms with Crippen LogP contribution in [0.4, 0.5) is 0 Å². The van der Waals surface area contributed by atoms with E-state index < -0.39 is 5.97 Å². The highest BCUT2D eigenvalue weighted by Crippen LogP contribution is 2.32. The molecule has 6 nitrogen and oxygen atoms in total. The molecule has 8 heteroatoms. The Morgan fingerprint density at radius 2 is 1.92 bits per heavy atom. The maximum absolute atomic E-state index is 12.9. The van der Waals surface area contributed by atoms with E-state index in [1.807, 2.05) is 0 Å². The van der Waals surface area contributed by atoms with Crippen LogP contribution in [-0.4, -0.2) is 25.8 Å². The van der Waals surface area contributed by atoms with E-state index in [0.29, 0.717) is 21.8 Å². The molecule has 0 unspecified atom stereocenters. The number of hydrogen-bond acceptors (Lipinski definition) is 3. The van der Waals surface area contributed by atoms with Gasteiger partial charge in [0.1, 0.15) is 6.54 Å². The molecule has 0 aliphatic heterocycles. The number of aromatic nitrogens is 3. The first-order valence-corrected chi connectivity index (χ1v) is 8.39. The zero-order valence-corrected chi connectivity index (χ0v) is 14.7. The van der Waals surface area contributed by atoms with Crippen LogP contribution in [0.15, 0.2) is 47.4 Å². The first-order chi connectivity index (χ1) is 12.5. The van der Waals surface area contributed by atoms with Crippen molar-refractivity contribution in [1.29, 1.82) is 0 Å². The van der Waals surface area contributed by atoms with Gasteiger partial charge in [-0.15, -0.1) is 0 Å². The molecule has 0 spiro atoms. The van der Waals surface area contributed by atoms with Crippen LogP contribution in [0.5, 0.6) is 0 Å². The molecule has 0 saturated heterocycles. The van der Waals surface area contributed by atoms with Crippen LogP contribution >= 0.6 is 23.2 Å². The lowest BCUT2D eigenvalue weighted by Crippen LogP contribution is -2.16. The number of rotatable bonds is 3. The van der Waals surface area contributed by atoms with Crippen molar-refractivity contribution in [2.75, 3.05) is 0 Å². The summed E-state index contributed by atoms with van der Waals surface area (Å²) in [6.07, 6.45) is 1.61. The molecule has 0 aliphatic rings. The average molecular weight is 388 g/mol. The molecular formula is C18H11Cl2N3O3. The summed E-state index contributed by atoms with van der Waals surface area (Å²) < 4.78 is 1.50. The van der Waals surface area contributed by atoms with E-state index >= 15 is 0 Å². The van der Waals surface area contributed by atoms with E-state index in [1.165, 1.54) is 10.6 Å². The topological polar surface area (TPSA) is 88.0 Å². The monoisotopic (exact) mass is 387 g/mol. The fourth-order valence-electron chi connectivity index (χ4n) is 3.08. The Morgan fingerprint density at radius 3 is 2.62 bits per heavy atom. The van der Waals surface area contributed by atoms with Crippen LogP contribution in [0.2, 0.25) is 10.0 Å². The molecule has 2 aromatic heterocycles. The Hall–Kier alpha value is -2.83. The molecule has 0 atom stereocenters. The summed E-state index contributed by atoms with van der Waals surface area (Å²) >= 11 is 12.4. The van der Waals surface area contributed by atoms with Crippen molar-refractivity contribution in [2.24, 2.45) is 0 Å². The van der Waals surface area contributed by atoms with Gasteiger partial charge in [-0.05, 0) is 30.3 Å². The van der Waals surface area contributed by atoms with E-state index in [2.05, 4.69) is 10.2 Å². The van der Waals surface area contributed by atoms with Gasteiger partial charge in [-0.3, -0.25) is 14.7 Å². The fraction of sp³-hybridized carbons (Fsp3) is 0.0556. The average Bonchev–Trinajstić information content (AvgIpc) is 3.15. The van der Waals surface area contributed by atoms with E-state index in [1.54, 1.807) is 36.5 Å². The summed E-state index contributed by atoms with van der Waals surface area (Å²) in [5.41, 5.74) is 2.05. The van der Waals surface area contributed by atoms with Crippen LogP contribution in [0.25, 0.3) is 33.1 Å². The predicted octanol–water partition coefficient (Wildman–Crippen LogP) is 3.94. The van der Waals surface area contributed by atoms with Gasteiger partial charge < -0.3 is 9.67 Å². The Bertz CT molecular complexity index is 1230. The largest absolute Gasteiger partial charge is 0.480 e. The number of nitrogens with zero attached hydrogens (tertiary/aromatic N) is 2. The third-order valence-corrected chi connectivity index (χ3v) is 5.02. The number of H-pyrrole nitrogens is 1. The fourth-order valence-corrected chi connectivity index (χ4v) is 3.50. The molecule has 2 N–H and O–H groups in total. The second kappa shape index (κ2) is 6.16. The number of benzene rings is 2. The highest BCUT2D eigenvalue weighted by atomic mass is 35.5. The standard InChI is InChI=1S/C18H11Cl2N3O3/c19-12-4-3-11-17(16(12)20)23(8-15(24)25)14-7-9(13-5-6-21-22-13)1-2-10(14)18(11)26/h1-7H,8H2,(H,21,22)(H,24,25). The molecular weight excluding hydrogens is 377 g/mol. The van der Waals surface area contributed by atoms with Gasteiger partial charge in [0.15, 0.2) is 5.43 Å². The van der Waals surface area contributed by atoms with Gasteiger partial charge in [-0.2, -0.15) is 5.10 Å². The maximum Gasteiger partial charge on any atom is 0.323 e. The van der Waals surface area contributed by atoms with Crippen molar-refractivity contribution in [1.82, 2.24) is 14.8 Å². The third kappa shape index (κ3) is 2.55. The quantitative estimate of drug-likeness (QED) is 0.521. The van der Waals surface area contributed by atoms with Crippen LogP contribution in [-0.2, 0) is 11.3 Å². The molecule has 0 radical (unpaired) electrons. The van der Waals surface area contributed by atoms with Gasteiger partial charge in [0.2, 0.25) is 0 Å². The summed E-state index contributed by atoms with van der Waals surface area (Å²) in [7, 11) is 0. The lowest BCUT2D eigenvalue weighted by atomic mass is 10.0. The molecule has 0 aliphatic carbocycles. The van der Waals surface area contributed by atoms with Crippen molar-refractivity contribution in [3.8, 4) is 11.3 Å². The van der Waals surface area contributed by atoms with E-state index in [-0.39, 0.29) is 22.0 Å². The minimum absolute atomic E-state index is 0.149. The predicted molar refractivity (Wildman–Crippen MR) is 101 cm³/mol. The first-order valence-electron chi connectivity index (χ1n) is 7.63. The summed E-state index contributed by atoms with van der Waals surface area (Å²) in [6, 6.07) is 10.1. The summed E-state index contributed by atoms with van der Waals surface area (Å²) in [5, 5.41) is 17.3. The number of carboxylic acid groups (broad SMARTS) is 1. The molecule has 0 saturated carbocycles. The number of pyridine rings is 1. The third-order valence-electron chi connectivity index (χ3n) is 4.22. The SMILES string of the molecule is O=C(O)Cn1c2cc(-c3ccn[nH]3)ccc2c(=O)c2ccc(Cl)c(Cl)c21. The van der Waals surface area contributed by atoms with Gasteiger partial charge in [-0.25, -0.2) is 0 Å². The Morgan fingerprint density at radius 1 is 1.15 bits per heavy atom. The number of carbonyl (C=O) groups is 1. The van der Waals surface area contributed by atoms with Crippen LogP contribution < -0.4 is 5.43 Å². The molecule has 2 heterocycles. The van der Waals surface area contributed by atoms with Gasteiger partial charge in [0.05, 0.1) is 26.8 Å². The molecule has 0 fully saturated rings. The zero-order chi connectivity index (χ0) is 18.4. The van der Waals surface area contributed by atoms with Crippen LogP contribution in [0.1, 0.15) is 0 Å². The van der Waals surface area contributed by atoms with E-state index in [0.717, 1.165) is 11.3 Å². The van der Waals surface area contributed by atoms with Gasteiger partial charge in [0, 0.05) is 22.5 Å². The Kier molecular flexibility index (Phi) is 3.94. The second-order valence-electron chi connectivity index (χ2n) is 5.77. The minimum atomic E-state index is -1.06. The van der Waals surface area contributed by atoms with Crippen molar-refractivity contribution in [2.45, 2.75) is 6.54 Å². The van der Waals surface area contributed by atoms with Gasteiger partial charge in [-0.1, -0.05) is 29.3 Å².